The Bertz CT molecular complexity index is 1470. The highest BCUT2D eigenvalue weighted by Gasteiger charge is 2.19. The van der Waals surface area contributed by atoms with Crippen LogP contribution in [-0.2, 0) is 16.6 Å². The Kier molecular flexibility index (Phi) is 6.51. The number of fused-ring (bicyclic) bond motifs is 1. The number of nitrogens with one attached hydrogen (secondary N) is 1. The summed E-state index contributed by atoms with van der Waals surface area (Å²) in [4.78, 5) is 14.4. The average molecular weight is 479 g/mol. The van der Waals surface area contributed by atoms with E-state index in [2.05, 4.69) is 4.72 Å². The van der Waals surface area contributed by atoms with Gasteiger partial charge >= 0.3 is 0 Å². The van der Waals surface area contributed by atoms with Crippen molar-refractivity contribution in [3.8, 4) is 5.75 Å². The molecule has 0 aliphatic carbocycles. The summed E-state index contributed by atoms with van der Waals surface area (Å²) in [6.07, 6.45) is 0. The number of carbonyl (C=O) groups is 1. The van der Waals surface area contributed by atoms with Gasteiger partial charge in [0.1, 0.15) is 11.6 Å². The Morgan fingerprint density at radius 2 is 1.68 bits per heavy atom. The van der Waals surface area contributed by atoms with Gasteiger partial charge in [0.15, 0.2) is 0 Å². The number of hydrogen-bond donors (Lipinski definition) is 1. The van der Waals surface area contributed by atoms with E-state index in [0.29, 0.717) is 6.54 Å². The SMILES string of the molecule is COc1ccc2cc(CN(C)C(=O)c3cccc(S(=O)(=O)Nc4ccccc4F)c3)ccc2c1. The summed E-state index contributed by atoms with van der Waals surface area (Å²) in [5.74, 6) is -0.253. The van der Waals surface area contributed by atoms with Crippen molar-refractivity contribution in [1.82, 2.24) is 4.90 Å². The van der Waals surface area contributed by atoms with Gasteiger partial charge in [0.25, 0.3) is 15.9 Å². The monoisotopic (exact) mass is 478 g/mol. The van der Waals surface area contributed by atoms with Crippen molar-refractivity contribution in [3.63, 3.8) is 0 Å². The minimum atomic E-state index is -4.08. The maximum absolute atomic E-state index is 13.9. The Morgan fingerprint density at radius 1 is 0.941 bits per heavy atom. The lowest BCUT2D eigenvalue weighted by molar-refractivity contribution is 0.0785. The summed E-state index contributed by atoms with van der Waals surface area (Å²) in [6, 6.07) is 22.8. The molecule has 8 heteroatoms. The van der Waals surface area contributed by atoms with Crippen molar-refractivity contribution in [2.45, 2.75) is 11.4 Å². The smallest absolute Gasteiger partial charge is 0.262 e. The van der Waals surface area contributed by atoms with Crippen molar-refractivity contribution in [2.75, 3.05) is 18.9 Å². The van der Waals surface area contributed by atoms with Crippen LogP contribution in [0.25, 0.3) is 10.8 Å². The second-order valence-corrected chi connectivity index (χ2v) is 9.50. The van der Waals surface area contributed by atoms with Gasteiger partial charge in [0.05, 0.1) is 17.7 Å². The molecule has 0 fully saturated rings. The van der Waals surface area contributed by atoms with Gasteiger partial charge in [0, 0.05) is 19.2 Å². The number of hydrogen-bond acceptors (Lipinski definition) is 4. The van der Waals surface area contributed by atoms with Crippen LogP contribution in [0.15, 0.2) is 89.8 Å². The lowest BCUT2D eigenvalue weighted by Gasteiger charge is -2.18. The van der Waals surface area contributed by atoms with E-state index in [0.717, 1.165) is 28.2 Å². The first kappa shape index (κ1) is 23.3. The molecule has 0 saturated carbocycles. The first-order chi connectivity index (χ1) is 16.3. The van der Waals surface area contributed by atoms with Crippen LogP contribution in [0.3, 0.4) is 0 Å². The highest BCUT2D eigenvalue weighted by atomic mass is 32.2. The number of methoxy groups -OCH3 is 1. The van der Waals surface area contributed by atoms with Gasteiger partial charge in [-0.15, -0.1) is 0 Å². The standard InChI is InChI=1S/C26H23FN2O4S/c1-29(17-18-10-11-20-15-22(33-2)13-12-19(20)14-18)26(30)21-6-5-7-23(16-21)34(31,32)28-25-9-4-3-8-24(25)27/h3-16,28H,17H2,1-2H3. The van der Waals surface area contributed by atoms with Crippen LogP contribution in [0.1, 0.15) is 15.9 Å². The molecule has 0 bridgehead atoms. The number of benzene rings is 4. The third-order valence-electron chi connectivity index (χ3n) is 5.39. The number of anilines is 1. The summed E-state index contributed by atoms with van der Waals surface area (Å²) in [5.41, 5.74) is 0.980. The topological polar surface area (TPSA) is 75.7 Å². The zero-order chi connectivity index (χ0) is 24.3. The molecule has 0 heterocycles. The molecule has 34 heavy (non-hydrogen) atoms. The molecule has 174 valence electrons. The third kappa shape index (κ3) is 5.02. The molecule has 0 aliphatic rings. The number of sulfonamides is 1. The number of nitrogens with zero attached hydrogens (tertiary/aromatic N) is 1. The molecule has 0 aromatic heterocycles. The zero-order valence-corrected chi connectivity index (χ0v) is 19.5. The Hall–Kier alpha value is -3.91. The van der Waals surface area contributed by atoms with Crippen LogP contribution in [0.2, 0.25) is 0 Å². The zero-order valence-electron chi connectivity index (χ0n) is 18.7. The Morgan fingerprint density at radius 3 is 2.44 bits per heavy atom. The minimum absolute atomic E-state index is 0.130. The van der Waals surface area contributed by atoms with E-state index >= 15 is 0 Å². The maximum atomic E-state index is 13.9. The van der Waals surface area contributed by atoms with Gasteiger partial charge in [-0.25, -0.2) is 12.8 Å². The number of carbonyl (C=O) groups excluding carboxylic acids is 1. The molecule has 1 amide bonds. The van der Waals surface area contributed by atoms with Gasteiger partial charge < -0.3 is 9.64 Å². The molecule has 6 nitrogen and oxygen atoms in total. The molecule has 0 radical (unpaired) electrons. The largest absolute Gasteiger partial charge is 0.497 e. The summed E-state index contributed by atoms with van der Waals surface area (Å²) in [6.45, 7) is 0.339. The number of rotatable bonds is 7. The molecule has 4 aromatic rings. The molecule has 0 atom stereocenters. The highest BCUT2D eigenvalue weighted by Crippen LogP contribution is 2.23. The number of para-hydroxylation sites is 1. The fraction of sp³-hybridized carbons (Fsp3) is 0.115. The maximum Gasteiger partial charge on any atom is 0.262 e. The fourth-order valence-corrected chi connectivity index (χ4v) is 4.72. The molecule has 1 N–H and O–H groups in total. The highest BCUT2D eigenvalue weighted by molar-refractivity contribution is 7.92. The molecule has 4 rings (SSSR count). The summed E-state index contributed by atoms with van der Waals surface area (Å²) in [5, 5.41) is 2.05. The number of halogens is 1. The van der Waals surface area contributed by atoms with Crippen LogP contribution in [0.4, 0.5) is 10.1 Å². The van der Waals surface area contributed by atoms with Crippen LogP contribution < -0.4 is 9.46 Å². The van der Waals surface area contributed by atoms with E-state index in [1.165, 1.54) is 41.3 Å². The predicted molar refractivity (Wildman–Crippen MR) is 130 cm³/mol. The van der Waals surface area contributed by atoms with Gasteiger partial charge in [-0.1, -0.05) is 36.4 Å². The Labute approximate surface area is 197 Å². The third-order valence-corrected chi connectivity index (χ3v) is 6.75. The summed E-state index contributed by atoms with van der Waals surface area (Å²) < 4.78 is 46.9. The summed E-state index contributed by atoms with van der Waals surface area (Å²) in [7, 11) is -0.808. The number of ether oxygens (including phenoxy) is 1. The van der Waals surface area contributed by atoms with Crippen molar-refractivity contribution in [2.24, 2.45) is 0 Å². The lowest BCUT2D eigenvalue weighted by atomic mass is 10.1. The molecule has 0 spiro atoms. The van der Waals surface area contributed by atoms with Crippen molar-refractivity contribution >= 4 is 32.4 Å². The van der Waals surface area contributed by atoms with Crippen molar-refractivity contribution in [3.05, 3.63) is 102 Å². The number of amides is 1. The van der Waals surface area contributed by atoms with E-state index in [4.69, 9.17) is 4.74 Å². The first-order valence-electron chi connectivity index (χ1n) is 10.5. The fourth-order valence-electron chi connectivity index (χ4n) is 3.61. The molecule has 0 aliphatic heterocycles. The molecule has 4 aromatic carbocycles. The van der Waals surface area contributed by atoms with Crippen LogP contribution in [0, 0.1) is 5.82 Å². The molecule has 0 unspecified atom stereocenters. The van der Waals surface area contributed by atoms with Gasteiger partial charge in [-0.05, 0) is 64.9 Å². The molecular formula is C26H23FN2O4S. The van der Waals surface area contributed by atoms with E-state index in [1.807, 2.05) is 36.4 Å². The van der Waals surface area contributed by atoms with E-state index in [-0.39, 0.29) is 22.1 Å². The van der Waals surface area contributed by atoms with Gasteiger partial charge in [-0.2, -0.15) is 0 Å². The van der Waals surface area contributed by atoms with E-state index in [1.54, 1.807) is 20.2 Å². The second kappa shape index (κ2) is 9.52. The van der Waals surface area contributed by atoms with Crippen LogP contribution >= 0.6 is 0 Å². The lowest BCUT2D eigenvalue weighted by Crippen LogP contribution is -2.26. The van der Waals surface area contributed by atoms with Crippen LogP contribution in [0.5, 0.6) is 5.75 Å². The first-order valence-corrected chi connectivity index (χ1v) is 11.9. The quantitative estimate of drug-likeness (QED) is 0.403. The van der Waals surface area contributed by atoms with Gasteiger partial charge in [0.2, 0.25) is 0 Å². The van der Waals surface area contributed by atoms with E-state index < -0.39 is 15.8 Å². The van der Waals surface area contributed by atoms with Crippen LogP contribution in [-0.4, -0.2) is 33.4 Å². The molecule has 0 saturated heterocycles. The van der Waals surface area contributed by atoms with E-state index in [9.17, 15) is 17.6 Å². The van der Waals surface area contributed by atoms with Crippen molar-refractivity contribution in [1.29, 1.82) is 0 Å². The normalized spacial score (nSPS) is 11.3. The van der Waals surface area contributed by atoms with Gasteiger partial charge in [-0.3, -0.25) is 9.52 Å². The predicted octanol–water partition coefficient (Wildman–Crippen LogP) is 5.06. The summed E-state index contributed by atoms with van der Waals surface area (Å²) >= 11 is 0. The molecular weight excluding hydrogens is 455 g/mol. The Balaban J connectivity index is 1.52. The minimum Gasteiger partial charge on any atom is -0.497 e. The van der Waals surface area contributed by atoms with Crippen molar-refractivity contribution < 1.29 is 22.3 Å². The second-order valence-electron chi connectivity index (χ2n) is 7.82. The average Bonchev–Trinajstić information content (AvgIpc) is 2.84.